The SMILES string of the molecule is COC(=O)C=Cc1ccc(O[C@H](CO)[C@@H](O)c2ccc(O)c(OC)c2)c(OC)c1. The number of rotatable bonds is 9. The number of phenols is 1. The van der Waals surface area contributed by atoms with Gasteiger partial charge in [-0.2, -0.15) is 0 Å². The van der Waals surface area contributed by atoms with E-state index in [-0.39, 0.29) is 11.5 Å². The molecule has 0 amide bonds. The number of ether oxygens (including phenoxy) is 4. The number of methoxy groups -OCH3 is 3. The second-order valence-electron chi connectivity index (χ2n) is 5.98. The van der Waals surface area contributed by atoms with E-state index in [0.29, 0.717) is 22.6 Å². The summed E-state index contributed by atoms with van der Waals surface area (Å²) in [5.41, 5.74) is 1.07. The predicted molar refractivity (Wildman–Crippen MR) is 105 cm³/mol. The third-order valence-corrected chi connectivity index (χ3v) is 4.16. The number of benzene rings is 2. The molecule has 0 aliphatic carbocycles. The van der Waals surface area contributed by atoms with E-state index >= 15 is 0 Å². The van der Waals surface area contributed by atoms with E-state index in [9.17, 15) is 20.1 Å². The number of aliphatic hydroxyl groups is 2. The van der Waals surface area contributed by atoms with Crippen LogP contribution in [0.2, 0.25) is 0 Å². The van der Waals surface area contributed by atoms with Crippen LogP contribution < -0.4 is 14.2 Å². The summed E-state index contributed by atoms with van der Waals surface area (Å²) in [6.07, 6.45) is 0.625. The second kappa shape index (κ2) is 10.4. The number of phenolic OH excluding ortho intramolecular Hbond substituents is 1. The van der Waals surface area contributed by atoms with E-state index in [1.807, 2.05) is 0 Å². The van der Waals surface area contributed by atoms with Crippen molar-refractivity contribution in [1.82, 2.24) is 0 Å². The fourth-order valence-corrected chi connectivity index (χ4v) is 2.57. The average Bonchev–Trinajstić information content (AvgIpc) is 2.75. The van der Waals surface area contributed by atoms with Gasteiger partial charge in [0.15, 0.2) is 29.1 Å². The lowest BCUT2D eigenvalue weighted by molar-refractivity contribution is -0.134. The van der Waals surface area contributed by atoms with Crippen molar-refractivity contribution in [3.63, 3.8) is 0 Å². The van der Waals surface area contributed by atoms with Crippen LogP contribution in [0.1, 0.15) is 17.2 Å². The maximum absolute atomic E-state index is 11.2. The van der Waals surface area contributed by atoms with Gasteiger partial charge < -0.3 is 34.3 Å². The first-order chi connectivity index (χ1) is 13.9. The minimum atomic E-state index is -1.20. The van der Waals surface area contributed by atoms with Crippen molar-refractivity contribution >= 4 is 12.0 Å². The minimum Gasteiger partial charge on any atom is -0.504 e. The van der Waals surface area contributed by atoms with E-state index in [4.69, 9.17) is 14.2 Å². The van der Waals surface area contributed by atoms with Gasteiger partial charge in [-0.3, -0.25) is 0 Å². The Bertz CT molecular complexity index is 862. The molecule has 0 aromatic heterocycles. The maximum Gasteiger partial charge on any atom is 0.330 e. The molecule has 2 atom stereocenters. The van der Waals surface area contributed by atoms with Gasteiger partial charge in [0.25, 0.3) is 0 Å². The van der Waals surface area contributed by atoms with Crippen molar-refractivity contribution in [3.05, 3.63) is 53.6 Å². The van der Waals surface area contributed by atoms with Crippen LogP contribution in [0.4, 0.5) is 0 Å². The van der Waals surface area contributed by atoms with Gasteiger partial charge in [0.2, 0.25) is 0 Å². The summed E-state index contributed by atoms with van der Waals surface area (Å²) >= 11 is 0. The number of esters is 1. The van der Waals surface area contributed by atoms with Gasteiger partial charge in [-0.1, -0.05) is 12.1 Å². The number of aliphatic hydroxyl groups excluding tert-OH is 2. The summed E-state index contributed by atoms with van der Waals surface area (Å²) in [5.74, 6) is 0.286. The van der Waals surface area contributed by atoms with Crippen LogP contribution in [-0.4, -0.2) is 55.3 Å². The van der Waals surface area contributed by atoms with Gasteiger partial charge >= 0.3 is 5.97 Å². The van der Waals surface area contributed by atoms with Crippen molar-refractivity contribution in [2.45, 2.75) is 12.2 Å². The van der Waals surface area contributed by atoms with Crippen LogP contribution >= 0.6 is 0 Å². The normalized spacial score (nSPS) is 13.0. The van der Waals surface area contributed by atoms with Crippen molar-refractivity contribution in [1.29, 1.82) is 0 Å². The van der Waals surface area contributed by atoms with Crippen molar-refractivity contribution in [2.24, 2.45) is 0 Å². The Balaban J connectivity index is 2.23. The average molecular weight is 404 g/mol. The summed E-state index contributed by atoms with van der Waals surface area (Å²) in [6.45, 7) is -0.475. The first-order valence-electron chi connectivity index (χ1n) is 8.70. The van der Waals surface area contributed by atoms with Crippen LogP contribution in [-0.2, 0) is 9.53 Å². The number of carbonyl (C=O) groups is 1. The van der Waals surface area contributed by atoms with Crippen LogP contribution in [0.5, 0.6) is 23.0 Å². The fourth-order valence-electron chi connectivity index (χ4n) is 2.57. The molecule has 0 radical (unpaired) electrons. The zero-order valence-corrected chi connectivity index (χ0v) is 16.4. The van der Waals surface area contributed by atoms with Gasteiger partial charge in [-0.25, -0.2) is 4.79 Å². The van der Waals surface area contributed by atoms with Crippen LogP contribution in [0.3, 0.4) is 0 Å². The molecule has 0 bridgehead atoms. The molecule has 2 rings (SSSR count). The summed E-state index contributed by atoms with van der Waals surface area (Å²) in [7, 11) is 4.13. The van der Waals surface area contributed by atoms with Gasteiger partial charge in [0.1, 0.15) is 6.10 Å². The molecule has 8 nitrogen and oxygen atoms in total. The van der Waals surface area contributed by atoms with Crippen LogP contribution in [0.15, 0.2) is 42.5 Å². The van der Waals surface area contributed by atoms with E-state index < -0.39 is 24.8 Å². The van der Waals surface area contributed by atoms with E-state index in [2.05, 4.69) is 4.74 Å². The van der Waals surface area contributed by atoms with Crippen molar-refractivity contribution < 1.29 is 39.1 Å². The molecule has 2 aromatic rings. The molecule has 156 valence electrons. The van der Waals surface area contributed by atoms with E-state index in [0.717, 1.165) is 0 Å². The van der Waals surface area contributed by atoms with Gasteiger partial charge in [0.05, 0.1) is 27.9 Å². The number of aromatic hydroxyl groups is 1. The zero-order chi connectivity index (χ0) is 21.4. The van der Waals surface area contributed by atoms with Crippen molar-refractivity contribution in [2.75, 3.05) is 27.9 Å². The lowest BCUT2D eigenvalue weighted by Gasteiger charge is -2.24. The number of hydrogen-bond acceptors (Lipinski definition) is 8. The Morgan fingerprint density at radius 1 is 1.03 bits per heavy atom. The molecule has 0 unspecified atom stereocenters. The number of hydrogen-bond donors (Lipinski definition) is 3. The highest BCUT2D eigenvalue weighted by molar-refractivity contribution is 5.87. The zero-order valence-electron chi connectivity index (χ0n) is 16.4. The Morgan fingerprint density at radius 3 is 2.38 bits per heavy atom. The first kappa shape index (κ1) is 22.1. The number of carbonyl (C=O) groups excluding carboxylic acids is 1. The minimum absolute atomic E-state index is 0.0674. The molecule has 0 fully saturated rings. The lowest BCUT2D eigenvalue weighted by atomic mass is 10.0. The molecule has 8 heteroatoms. The molecule has 0 saturated carbocycles. The summed E-state index contributed by atoms with van der Waals surface area (Å²) in [4.78, 5) is 11.2. The van der Waals surface area contributed by atoms with Gasteiger partial charge in [-0.15, -0.1) is 0 Å². The standard InChI is InChI=1S/C21H24O8/c1-26-17-11-14(6-7-15(17)23)21(25)19(12-22)29-16-8-4-13(10-18(16)27-2)5-9-20(24)28-3/h4-11,19,21-23,25H,12H2,1-3H3/t19-,21+/m1/s1. The van der Waals surface area contributed by atoms with E-state index in [1.165, 1.54) is 45.6 Å². The third kappa shape index (κ3) is 5.63. The molecular formula is C21H24O8. The monoisotopic (exact) mass is 404 g/mol. The topological polar surface area (TPSA) is 115 Å². The summed E-state index contributed by atoms with van der Waals surface area (Å²) < 4.78 is 20.7. The third-order valence-electron chi connectivity index (χ3n) is 4.16. The smallest absolute Gasteiger partial charge is 0.330 e. The maximum atomic E-state index is 11.2. The Labute approximate surface area is 168 Å². The molecule has 0 heterocycles. The van der Waals surface area contributed by atoms with Crippen molar-refractivity contribution in [3.8, 4) is 23.0 Å². The quantitative estimate of drug-likeness (QED) is 0.430. The Kier molecular flexibility index (Phi) is 7.88. The molecule has 2 aromatic carbocycles. The fraction of sp³-hybridized carbons (Fsp3) is 0.286. The van der Waals surface area contributed by atoms with E-state index in [1.54, 1.807) is 24.3 Å². The predicted octanol–water partition coefficient (Wildman–Crippen LogP) is 2.07. The molecule has 0 aliphatic heterocycles. The molecular weight excluding hydrogens is 380 g/mol. The highest BCUT2D eigenvalue weighted by atomic mass is 16.5. The lowest BCUT2D eigenvalue weighted by Crippen LogP contribution is -2.29. The highest BCUT2D eigenvalue weighted by Crippen LogP contribution is 2.34. The van der Waals surface area contributed by atoms with Gasteiger partial charge in [0, 0.05) is 6.08 Å². The van der Waals surface area contributed by atoms with Crippen LogP contribution in [0, 0.1) is 0 Å². The van der Waals surface area contributed by atoms with Crippen LogP contribution in [0.25, 0.3) is 6.08 Å². The van der Waals surface area contributed by atoms with Gasteiger partial charge in [-0.05, 0) is 41.5 Å². The molecule has 0 spiro atoms. The molecule has 29 heavy (non-hydrogen) atoms. The summed E-state index contributed by atoms with van der Waals surface area (Å²) in [6, 6.07) is 9.27. The Morgan fingerprint density at radius 2 is 1.76 bits per heavy atom. The largest absolute Gasteiger partial charge is 0.504 e. The summed E-state index contributed by atoms with van der Waals surface area (Å²) in [5, 5.41) is 30.0. The molecule has 3 N–H and O–H groups in total. The molecule has 0 aliphatic rings. The first-order valence-corrected chi connectivity index (χ1v) is 8.70. The highest BCUT2D eigenvalue weighted by Gasteiger charge is 2.24. The second-order valence-corrected chi connectivity index (χ2v) is 5.98. The molecule has 0 saturated heterocycles. The Hall–Kier alpha value is -3.23.